The first-order chi connectivity index (χ1) is 10.2. The molecule has 1 heterocycles. The Morgan fingerprint density at radius 3 is 2.55 bits per heavy atom. The average molecular weight is 315 g/mol. The van der Waals surface area contributed by atoms with Gasteiger partial charge in [0, 0.05) is 12.4 Å². The van der Waals surface area contributed by atoms with Gasteiger partial charge in [0.15, 0.2) is 5.56 Å². The van der Waals surface area contributed by atoms with Crippen LogP contribution in [0.2, 0.25) is 0 Å². The number of aryl methyl sites for hydroxylation is 1. The van der Waals surface area contributed by atoms with Crippen LogP contribution >= 0.6 is 0 Å². The summed E-state index contributed by atoms with van der Waals surface area (Å²) in [6, 6.07) is 2.52. The number of benzene rings is 1. The third-order valence-corrected chi connectivity index (χ3v) is 3.18. The Balaban J connectivity index is 2.81. The van der Waals surface area contributed by atoms with Crippen molar-refractivity contribution in [2.75, 3.05) is 6.61 Å². The quantitative estimate of drug-likeness (QED) is 0.864. The van der Waals surface area contributed by atoms with Gasteiger partial charge in [-0.25, -0.2) is 4.79 Å². The van der Waals surface area contributed by atoms with E-state index >= 15 is 0 Å². The average Bonchev–Trinajstić information content (AvgIpc) is 2.44. The molecule has 0 saturated heterocycles. The normalized spacial score (nSPS) is 11.7. The van der Waals surface area contributed by atoms with E-state index in [4.69, 9.17) is 0 Å². The minimum absolute atomic E-state index is 0.00746. The molecule has 22 heavy (non-hydrogen) atoms. The van der Waals surface area contributed by atoms with E-state index in [0.29, 0.717) is 0 Å². The van der Waals surface area contributed by atoms with E-state index in [2.05, 4.69) is 4.74 Å². The molecule has 0 saturated carbocycles. The van der Waals surface area contributed by atoms with Crippen LogP contribution in [0.4, 0.5) is 13.2 Å². The van der Waals surface area contributed by atoms with Crippen molar-refractivity contribution in [3.63, 3.8) is 0 Å². The number of carbonyl (C=O) groups is 1. The second-order valence-corrected chi connectivity index (χ2v) is 4.54. The number of pyridine rings is 1. The Labute approximate surface area is 122 Å². The molecule has 2 rings (SSSR count). The predicted molar refractivity (Wildman–Crippen MR) is 71.8 cm³/mol. The number of carbonyl (C=O) groups excluding carboxylic acids is 1. The van der Waals surface area contributed by atoms with E-state index in [-0.39, 0.29) is 17.5 Å². The first-order valence-corrected chi connectivity index (χ1v) is 6.28. The van der Waals surface area contributed by atoms with Gasteiger partial charge in [-0.1, -0.05) is 0 Å². The van der Waals surface area contributed by atoms with Crippen molar-refractivity contribution in [3.8, 4) is 5.75 Å². The number of nitrogens with zero attached hydrogens (tertiary/aromatic N) is 1. The monoisotopic (exact) mass is 315 g/mol. The van der Waals surface area contributed by atoms with Crippen molar-refractivity contribution in [1.82, 2.24) is 4.57 Å². The molecule has 0 amide bonds. The molecule has 118 valence electrons. The summed E-state index contributed by atoms with van der Waals surface area (Å²) in [6.07, 6.45) is -4.58. The van der Waals surface area contributed by atoms with Gasteiger partial charge in [0.05, 0.1) is 17.7 Å². The van der Waals surface area contributed by atoms with Gasteiger partial charge in [-0.3, -0.25) is 4.79 Å². The zero-order valence-electron chi connectivity index (χ0n) is 11.7. The molecule has 5 nitrogen and oxygen atoms in total. The molecule has 2 aromatic rings. The van der Waals surface area contributed by atoms with Crippen LogP contribution in [0.25, 0.3) is 10.9 Å². The molecule has 0 bridgehead atoms. The maximum absolute atomic E-state index is 12.7. The number of aromatic nitrogens is 1. The summed E-state index contributed by atoms with van der Waals surface area (Å²) in [7, 11) is 1.22. The zero-order valence-corrected chi connectivity index (χ0v) is 11.7. The fourth-order valence-corrected chi connectivity index (χ4v) is 2.09. The van der Waals surface area contributed by atoms with Gasteiger partial charge in [0.1, 0.15) is 5.75 Å². The largest absolute Gasteiger partial charge is 0.506 e. The number of esters is 1. The highest BCUT2D eigenvalue weighted by Crippen LogP contribution is 2.34. The number of rotatable bonds is 2. The van der Waals surface area contributed by atoms with E-state index in [9.17, 15) is 27.9 Å². The molecule has 0 fully saturated rings. The Morgan fingerprint density at radius 2 is 2.00 bits per heavy atom. The van der Waals surface area contributed by atoms with Gasteiger partial charge in [0.2, 0.25) is 0 Å². The molecule has 0 unspecified atom stereocenters. The van der Waals surface area contributed by atoms with Crippen LogP contribution < -0.4 is 5.56 Å². The van der Waals surface area contributed by atoms with Gasteiger partial charge in [-0.05, 0) is 25.1 Å². The number of hydrogen-bond donors (Lipinski definition) is 1. The van der Waals surface area contributed by atoms with Crippen LogP contribution in [0.3, 0.4) is 0 Å². The van der Waals surface area contributed by atoms with E-state index in [0.717, 1.165) is 22.8 Å². The topological polar surface area (TPSA) is 68.5 Å². The minimum atomic E-state index is -4.58. The predicted octanol–water partition coefficient (Wildman–Crippen LogP) is 2.44. The minimum Gasteiger partial charge on any atom is -0.506 e. The van der Waals surface area contributed by atoms with Crippen LogP contribution in [-0.4, -0.2) is 22.2 Å². The first-order valence-electron chi connectivity index (χ1n) is 6.28. The van der Waals surface area contributed by atoms with Crippen LogP contribution in [0.15, 0.2) is 23.0 Å². The van der Waals surface area contributed by atoms with Crippen LogP contribution in [0, 0.1) is 0 Å². The van der Waals surface area contributed by atoms with Crippen molar-refractivity contribution < 1.29 is 27.8 Å². The molecule has 1 N–H and O–H groups in total. The summed E-state index contributed by atoms with van der Waals surface area (Å²) < 4.78 is 43.7. The van der Waals surface area contributed by atoms with Crippen molar-refractivity contribution in [2.45, 2.75) is 13.1 Å². The van der Waals surface area contributed by atoms with Gasteiger partial charge in [-0.2, -0.15) is 13.2 Å². The van der Waals surface area contributed by atoms with Crippen LogP contribution in [0.5, 0.6) is 5.75 Å². The lowest BCUT2D eigenvalue weighted by molar-refractivity contribution is -0.137. The lowest BCUT2D eigenvalue weighted by Gasteiger charge is -2.13. The molecule has 1 aromatic carbocycles. The molecule has 1 aromatic heterocycles. The van der Waals surface area contributed by atoms with Gasteiger partial charge in [0.25, 0.3) is 5.56 Å². The molecule has 0 atom stereocenters. The summed E-state index contributed by atoms with van der Waals surface area (Å²) in [4.78, 5) is 23.8. The van der Waals surface area contributed by atoms with Crippen molar-refractivity contribution >= 4 is 16.9 Å². The van der Waals surface area contributed by atoms with Crippen LogP contribution in [-0.2, 0) is 18.0 Å². The third-order valence-electron chi connectivity index (χ3n) is 3.18. The molecule has 8 heteroatoms. The smallest absolute Gasteiger partial charge is 0.416 e. The molecular weight excluding hydrogens is 303 g/mol. The Morgan fingerprint density at radius 1 is 1.36 bits per heavy atom. The number of fused-ring (bicyclic) bond motifs is 1. The highest BCUT2D eigenvalue weighted by atomic mass is 19.4. The van der Waals surface area contributed by atoms with Crippen molar-refractivity contribution in [2.24, 2.45) is 7.05 Å². The Bertz CT molecular complexity index is 808. The van der Waals surface area contributed by atoms with E-state index in [1.54, 1.807) is 0 Å². The number of aromatic hydroxyl groups is 1. The van der Waals surface area contributed by atoms with Gasteiger partial charge >= 0.3 is 12.1 Å². The maximum Gasteiger partial charge on any atom is 0.416 e. The fourth-order valence-electron chi connectivity index (χ4n) is 2.09. The molecule has 0 radical (unpaired) electrons. The highest BCUT2D eigenvalue weighted by molar-refractivity contribution is 5.99. The fraction of sp³-hybridized carbons (Fsp3) is 0.286. The maximum atomic E-state index is 12.7. The highest BCUT2D eigenvalue weighted by Gasteiger charge is 2.31. The molecular formula is C14H12F3NO4. The summed E-state index contributed by atoms with van der Waals surface area (Å²) in [6.45, 7) is 1.52. The number of hydrogen-bond acceptors (Lipinski definition) is 4. The Hall–Kier alpha value is -2.51. The molecule has 0 aliphatic carbocycles. The Kier molecular flexibility index (Phi) is 3.87. The number of ether oxygens (including phenoxy) is 1. The molecule has 0 aliphatic rings. The summed E-state index contributed by atoms with van der Waals surface area (Å²) in [5.41, 5.74) is -2.62. The van der Waals surface area contributed by atoms with Gasteiger partial charge < -0.3 is 14.4 Å². The van der Waals surface area contributed by atoms with Gasteiger partial charge in [-0.15, -0.1) is 0 Å². The lowest BCUT2D eigenvalue weighted by atomic mass is 10.1. The molecule has 0 spiro atoms. The van der Waals surface area contributed by atoms with Crippen molar-refractivity contribution in [1.29, 1.82) is 0 Å². The SMILES string of the molecule is CCOC(=O)c1c(O)c2ccc(C(F)(F)F)cc2n(C)c1=O. The second-order valence-electron chi connectivity index (χ2n) is 4.54. The van der Waals surface area contributed by atoms with E-state index in [1.807, 2.05) is 0 Å². The number of halogens is 3. The van der Waals surface area contributed by atoms with Crippen molar-refractivity contribution in [3.05, 3.63) is 39.7 Å². The zero-order chi connectivity index (χ0) is 16.7. The molecule has 0 aliphatic heterocycles. The van der Waals surface area contributed by atoms with Crippen LogP contribution in [0.1, 0.15) is 22.8 Å². The number of alkyl halides is 3. The summed E-state index contributed by atoms with van der Waals surface area (Å²) in [5, 5.41) is 10.0. The summed E-state index contributed by atoms with van der Waals surface area (Å²) >= 11 is 0. The second kappa shape index (κ2) is 5.36. The lowest BCUT2D eigenvalue weighted by Crippen LogP contribution is -2.26. The van der Waals surface area contributed by atoms with E-state index < -0.39 is 34.6 Å². The third kappa shape index (κ3) is 2.51. The first kappa shape index (κ1) is 15.9. The van der Waals surface area contributed by atoms with E-state index in [1.165, 1.54) is 14.0 Å². The summed E-state index contributed by atoms with van der Waals surface area (Å²) in [5.74, 6) is -1.72. The standard InChI is InChI=1S/C14H12F3NO4/c1-3-22-13(21)10-11(19)8-5-4-7(14(15,16)17)6-9(8)18(2)12(10)20/h4-6,19H,3H2,1-2H3.